The normalized spacial score (nSPS) is 18.6. The number of nitrogens with zero attached hydrogens (tertiary/aromatic N) is 1. The summed E-state index contributed by atoms with van der Waals surface area (Å²) in [4.78, 5) is 0. The Labute approximate surface area is 127 Å². The predicted molar refractivity (Wildman–Crippen MR) is 88.0 cm³/mol. The van der Waals surface area contributed by atoms with Gasteiger partial charge in [0.05, 0.1) is 11.5 Å². The van der Waals surface area contributed by atoms with Crippen LogP contribution in [0.2, 0.25) is 0 Å². The van der Waals surface area contributed by atoms with Gasteiger partial charge in [0.2, 0.25) is 0 Å². The molecule has 0 saturated heterocycles. The fourth-order valence-corrected chi connectivity index (χ4v) is 3.72. The van der Waals surface area contributed by atoms with E-state index < -0.39 is 0 Å². The van der Waals surface area contributed by atoms with Gasteiger partial charge < -0.3 is 0 Å². The van der Waals surface area contributed by atoms with Gasteiger partial charge in [0.15, 0.2) is 0 Å². The molecule has 0 amide bonds. The van der Waals surface area contributed by atoms with Gasteiger partial charge in [0.1, 0.15) is 0 Å². The summed E-state index contributed by atoms with van der Waals surface area (Å²) in [6.45, 7) is 0. The molecule has 1 nitrogen and oxygen atoms in total. The van der Waals surface area contributed by atoms with Crippen LogP contribution < -0.4 is 0 Å². The molecule has 0 radical (unpaired) electrons. The van der Waals surface area contributed by atoms with Crippen molar-refractivity contribution in [2.45, 2.75) is 51.4 Å². The average molecular weight is 277 g/mol. The van der Waals surface area contributed by atoms with Gasteiger partial charge >= 0.3 is 0 Å². The Bertz CT molecular complexity index is 637. The fourth-order valence-electron chi connectivity index (χ4n) is 3.72. The predicted octanol–water partition coefficient (Wildman–Crippen LogP) is 5.64. The van der Waals surface area contributed by atoms with Crippen LogP contribution in [0.4, 0.5) is 0 Å². The third-order valence-electron chi connectivity index (χ3n) is 4.96. The molecule has 0 aromatic heterocycles. The molecule has 2 aromatic carbocycles. The summed E-state index contributed by atoms with van der Waals surface area (Å²) in [5, 5.41) is 12.4. The van der Waals surface area contributed by atoms with Crippen molar-refractivity contribution in [3.8, 4) is 6.07 Å². The summed E-state index contributed by atoms with van der Waals surface area (Å²) in [5.74, 6) is 0. The molecule has 1 aliphatic rings. The summed E-state index contributed by atoms with van der Waals surface area (Å²) in [5.41, 5.74) is 1.19. The highest BCUT2D eigenvalue weighted by Gasteiger charge is 2.30. The van der Waals surface area contributed by atoms with Gasteiger partial charge in [-0.2, -0.15) is 5.26 Å². The zero-order valence-electron chi connectivity index (χ0n) is 12.6. The fraction of sp³-hybridized carbons (Fsp3) is 0.450. The quantitative estimate of drug-likeness (QED) is 0.697. The van der Waals surface area contributed by atoms with Crippen LogP contribution >= 0.6 is 0 Å². The van der Waals surface area contributed by atoms with E-state index in [2.05, 4.69) is 48.5 Å². The van der Waals surface area contributed by atoms with Crippen molar-refractivity contribution in [1.82, 2.24) is 0 Å². The minimum atomic E-state index is -0.148. The Morgan fingerprint density at radius 2 is 1.52 bits per heavy atom. The Balaban J connectivity index is 1.93. The molecule has 0 spiro atoms. The largest absolute Gasteiger partial charge is 0.198 e. The van der Waals surface area contributed by atoms with Crippen LogP contribution in [0, 0.1) is 16.7 Å². The number of hydrogen-bond acceptors (Lipinski definition) is 1. The van der Waals surface area contributed by atoms with E-state index in [9.17, 15) is 5.26 Å². The molecule has 1 fully saturated rings. The van der Waals surface area contributed by atoms with E-state index in [1.165, 1.54) is 48.4 Å². The molecule has 1 saturated carbocycles. The maximum absolute atomic E-state index is 9.84. The molecule has 2 aromatic rings. The molecular formula is C20H23N. The molecule has 0 heterocycles. The van der Waals surface area contributed by atoms with Crippen LogP contribution in [0.25, 0.3) is 10.8 Å². The summed E-state index contributed by atoms with van der Waals surface area (Å²) < 4.78 is 0. The highest BCUT2D eigenvalue weighted by molar-refractivity contribution is 5.85. The Morgan fingerprint density at radius 3 is 2.29 bits per heavy atom. The van der Waals surface area contributed by atoms with Crippen LogP contribution in [0.15, 0.2) is 42.5 Å². The van der Waals surface area contributed by atoms with Crippen molar-refractivity contribution in [1.29, 1.82) is 5.26 Å². The zero-order chi connectivity index (χ0) is 14.5. The summed E-state index contributed by atoms with van der Waals surface area (Å²) in [7, 11) is 0. The monoisotopic (exact) mass is 277 g/mol. The highest BCUT2D eigenvalue weighted by atomic mass is 14.4. The smallest absolute Gasteiger partial charge is 0.0693 e. The first kappa shape index (κ1) is 14.1. The molecule has 0 unspecified atom stereocenters. The maximum atomic E-state index is 9.84. The van der Waals surface area contributed by atoms with E-state index >= 15 is 0 Å². The minimum Gasteiger partial charge on any atom is -0.198 e. The van der Waals surface area contributed by atoms with Crippen LogP contribution in [0.5, 0.6) is 0 Å². The van der Waals surface area contributed by atoms with Crippen molar-refractivity contribution >= 4 is 10.8 Å². The van der Waals surface area contributed by atoms with Crippen molar-refractivity contribution in [2.75, 3.05) is 0 Å². The summed E-state index contributed by atoms with van der Waals surface area (Å²) in [6.07, 6.45) is 9.37. The molecule has 21 heavy (non-hydrogen) atoms. The van der Waals surface area contributed by atoms with Crippen LogP contribution in [0.3, 0.4) is 0 Å². The lowest BCUT2D eigenvalue weighted by atomic mass is 9.73. The number of fused-ring (bicyclic) bond motifs is 1. The van der Waals surface area contributed by atoms with Gasteiger partial charge in [-0.3, -0.25) is 0 Å². The molecule has 0 aliphatic heterocycles. The van der Waals surface area contributed by atoms with E-state index in [0.717, 1.165) is 19.3 Å². The zero-order valence-corrected chi connectivity index (χ0v) is 12.6. The van der Waals surface area contributed by atoms with Crippen molar-refractivity contribution < 1.29 is 0 Å². The van der Waals surface area contributed by atoms with E-state index in [0.29, 0.717) is 0 Å². The van der Waals surface area contributed by atoms with Crippen molar-refractivity contribution in [2.24, 2.45) is 5.41 Å². The van der Waals surface area contributed by atoms with Crippen LogP contribution in [0.1, 0.15) is 50.5 Å². The molecular weight excluding hydrogens is 254 g/mol. The Kier molecular flexibility index (Phi) is 4.25. The van der Waals surface area contributed by atoms with Crippen LogP contribution in [-0.2, 0) is 6.42 Å². The second-order valence-corrected chi connectivity index (χ2v) is 6.47. The van der Waals surface area contributed by atoms with Gasteiger partial charge in [0.25, 0.3) is 0 Å². The lowest BCUT2D eigenvalue weighted by Gasteiger charge is -2.29. The second-order valence-electron chi connectivity index (χ2n) is 6.47. The van der Waals surface area contributed by atoms with E-state index in [-0.39, 0.29) is 5.41 Å². The minimum absolute atomic E-state index is 0.148. The molecule has 0 bridgehead atoms. The Hall–Kier alpha value is -1.81. The van der Waals surface area contributed by atoms with Gasteiger partial charge in [-0.15, -0.1) is 0 Å². The lowest BCUT2D eigenvalue weighted by molar-refractivity contribution is 0.288. The van der Waals surface area contributed by atoms with E-state index in [1.54, 1.807) is 0 Å². The van der Waals surface area contributed by atoms with Gasteiger partial charge in [0, 0.05) is 0 Å². The number of nitriles is 1. The van der Waals surface area contributed by atoms with Gasteiger partial charge in [-0.1, -0.05) is 74.6 Å². The number of rotatable bonds is 2. The standard InChI is InChI=1S/C20H23N/c21-16-20(13-6-2-1-3-7-14-20)15-18-11-8-10-17-9-4-5-12-19(17)18/h4-5,8-12H,1-3,6-7,13-15H2. The first-order valence-electron chi connectivity index (χ1n) is 8.21. The molecule has 1 heteroatoms. The molecule has 3 rings (SSSR count). The van der Waals surface area contributed by atoms with Crippen molar-refractivity contribution in [3.63, 3.8) is 0 Å². The number of hydrogen-bond donors (Lipinski definition) is 0. The maximum Gasteiger partial charge on any atom is 0.0693 e. The highest BCUT2D eigenvalue weighted by Crippen LogP contribution is 2.38. The SMILES string of the molecule is N#CC1(Cc2cccc3ccccc23)CCCCCCC1. The summed E-state index contributed by atoms with van der Waals surface area (Å²) in [6, 6.07) is 17.7. The molecule has 0 atom stereocenters. The van der Waals surface area contributed by atoms with Crippen LogP contribution in [-0.4, -0.2) is 0 Å². The summed E-state index contributed by atoms with van der Waals surface area (Å²) >= 11 is 0. The molecule has 108 valence electrons. The molecule has 0 N–H and O–H groups in total. The van der Waals surface area contributed by atoms with Gasteiger partial charge in [-0.25, -0.2) is 0 Å². The van der Waals surface area contributed by atoms with E-state index in [1.807, 2.05) is 0 Å². The van der Waals surface area contributed by atoms with E-state index in [4.69, 9.17) is 0 Å². The first-order chi connectivity index (χ1) is 10.3. The third-order valence-corrected chi connectivity index (χ3v) is 4.96. The van der Waals surface area contributed by atoms with Gasteiger partial charge in [-0.05, 0) is 35.6 Å². The average Bonchev–Trinajstić information content (AvgIpc) is 2.50. The molecule has 1 aliphatic carbocycles. The van der Waals surface area contributed by atoms with Crippen molar-refractivity contribution in [3.05, 3.63) is 48.0 Å². The topological polar surface area (TPSA) is 23.8 Å². The second kappa shape index (κ2) is 6.31. The number of benzene rings is 2. The third kappa shape index (κ3) is 3.10. The lowest BCUT2D eigenvalue weighted by Crippen LogP contribution is -2.23. The first-order valence-corrected chi connectivity index (χ1v) is 8.21. The Morgan fingerprint density at radius 1 is 0.857 bits per heavy atom.